The average Bonchev–Trinajstić information content (AvgIpc) is 2.29. The zero-order chi connectivity index (χ0) is 13.7. The highest BCUT2D eigenvalue weighted by atomic mass is 19.2. The maximum Gasteiger partial charge on any atom is 0.163 e. The first-order chi connectivity index (χ1) is 8.45. The van der Waals surface area contributed by atoms with Crippen LogP contribution in [-0.4, -0.2) is 32.1 Å². The Kier molecular flexibility index (Phi) is 5.69. The SMILES string of the molecule is CNC(CN(C)CC(C)C)c1cccc(F)c1F. The van der Waals surface area contributed by atoms with Crippen molar-refractivity contribution in [2.45, 2.75) is 19.9 Å². The molecule has 0 aliphatic rings. The summed E-state index contributed by atoms with van der Waals surface area (Å²) in [4.78, 5) is 2.12. The van der Waals surface area contributed by atoms with Crippen molar-refractivity contribution in [2.24, 2.45) is 5.92 Å². The van der Waals surface area contributed by atoms with Crippen molar-refractivity contribution in [2.75, 3.05) is 27.2 Å². The Morgan fingerprint density at radius 2 is 1.89 bits per heavy atom. The Morgan fingerprint density at radius 1 is 1.22 bits per heavy atom. The molecule has 102 valence electrons. The smallest absolute Gasteiger partial charge is 0.163 e. The molecule has 1 unspecified atom stereocenters. The second-order valence-corrected chi connectivity index (χ2v) is 5.10. The van der Waals surface area contributed by atoms with Gasteiger partial charge in [-0.2, -0.15) is 0 Å². The van der Waals surface area contributed by atoms with E-state index in [0.717, 1.165) is 12.6 Å². The van der Waals surface area contributed by atoms with E-state index in [-0.39, 0.29) is 6.04 Å². The lowest BCUT2D eigenvalue weighted by atomic mass is 10.1. The van der Waals surface area contributed by atoms with Crippen molar-refractivity contribution in [3.05, 3.63) is 35.4 Å². The maximum absolute atomic E-state index is 13.7. The van der Waals surface area contributed by atoms with E-state index in [1.807, 2.05) is 7.05 Å². The highest BCUT2D eigenvalue weighted by molar-refractivity contribution is 5.22. The summed E-state index contributed by atoms with van der Waals surface area (Å²) in [7, 11) is 3.75. The lowest BCUT2D eigenvalue weighted by molar-refractivity contribution is 0.264. The molecule has 0 heterocycles. The van der Waals surface area contributed by atoms with Gasteiger partial charge < -0.3 is 10.2 Å². The van der Waals surface area contributed by atoms with Crippen LogP contribution in [-0.2, 0) is 0 Å². The summed E-state index contributed by atoms with van der Waals surface area (Å²) in [5.41, 5.74) is 0.383. The van der Waals surface area contributed by atoms with Crippen molar-refractivity contribution in [1.29, 1.82) is 0 Å². The summed E-state index contributed by atoms with van der Waals surface area (Å²) in [6.45, 7) is 5.84. The molecule has 0 radical (unpaired) electrons. The van der Waals surface area contributed by atoms with E-state index >= 15 is 0 Å². The highest BCUT2D eigenvalue weighted by Crippen LogP contribution is 2.20. The third kappa shape index (κ3) is 4.03. The molecule has 1 atom stereocenters. The van der Waals surface area contributed by atoms with Gasteiger partial charge in [-0.15, -0.1) is 0 Å². The maximum atomic E-state index is 13.7. The van der Waals surface area contributed by atoms with Gasteiger partial charge in [-0.3, -0.25) is 0 Å². The summed E-state index contributed by atoms with van der Waals surface area (Å²) < 4.78 is 26.9. The molecule has 0 aliphatic heterocycles. The quantitative estimate of drug-likeness (QED) is 0.842. The van der Waals surface area contributed by atoms with E-state index in [1.54, 1.807) is 19.2 Å². The molecule has 0 saturated carbocycles. The fraction of sp³-hybridized carbons (Fsp3) is 0.571. The summed E-state index contributed by atoms with van der Waals surface area (Å²) >= 11 is 0. The van der Waals surface area contributed by atoms with E-state index in [2.05, 4.69) is 24.1 Å². The molecular formula is C14H22F2N2. The number of halogens is 2. The van der Waals surface area contributed by atoms with E-state index in [1.165, 1.54) is 0 Å². The predicted molar refractivity (Wildman–Crippen MR) is 70.5 cm³/mol. The Morgan fingerprint density at radius 3 is 2.44 bits per heavy atom. The summed E-state index contributed by atoms with van der Waals surface area (Å²) in [6.07, 6.45) is 0. The third-order valence-electron chi connectivity index (χ3n) is 2.88. The highest BCUT2D eigenvalue weighted by Gasteiger charge is 2.18. The predicted octanol–water partition coefficient (Wildman–Crippen LogP) is 2.81. The minimum absolute atomic E-state index is 0.204. The number of benzene rings is 1. The van der Waals surface area contributed by atoms with Gasteiger partial charge in [-0.05, 0) is 26.1 Å². The Balaban J connectivity index is 2.80. The van der Waals surface area contributed by atoms with Crippen LogP contribution in [0.3, 0.4) is 0 Å². The first-order valence-corrected chi connectivity index (χ1v) is 6.25. The molecule has 0 spiro atoms. The van der Waals surface area contributed by atoms with Crippen molar-refractivity contribution in [3.63, 3.8) is 0 Å². The van der Waals surface area contributed by atoms with Gasteiger partial charge in [0, 0.05) is 24.7 Å². The summed E-state index contributed by atoms with van der Waals surface area (Å²) in [5, 5.41) is 3.04. The normalized spacial score (nSPS) is 13.3. The van der Waals surface area contributed by atoms with Crippen LogP contribution in [0.15, 0.2) is 18.2 Å². The standard InChI is InChI=1S/C14H22F2N2/c1-10(2)8-18(4)9-13(17-3)11-6-5-7-12(15)14(11)16/h5-7,10,13,17H,8-9H2,1-4H3. The zero-order valence-corrected chi connectivity index (χ0v) is 11.5. The molecule has 0 aromatic heterocycles. The van der Waals surface area contributed by atoms with E-state index < -0.39 is 11.6 Å². The van der Waals surface area contributed by atoms with Gasteiger partial charge in [0.2, 0.25) is 0 Å². The van der Waals surface area contributed by atoms with Crippen LogP contribution >= 0.6 is 0 Å². The molecule has 4 heteroatoms. The molecule has 0 aliphatic carbocycles. The van der Waals surface area contributed by atoms with Gasteiger partial charge in [0.25, 0.3) is 0 Å². The van der Waals surface area contributed by atoms with Gasteiger partial charge in [-0.1, -0.05) is 26.0 Å². The van der Waals surface area contributed by atoms with E-state index in [0.29, 0.717) is 18.0 Å². The van der Waals surface area contributed by atoms with Crippen LogP contribution in [0.25, 0.3) is 0 Å². The summed E-state index contributed by atoms with van der Waals surface area (Å²) in [5.74, 6) is -1.00. The van der Waals surface area contributed by atoms with Crippen LogP contribution in [0.5, 0.6) is 0 Å². The fourth-order valence-electron chi connectivity index (χ4n) is 2.14. The molecule has 0 fully saturated rings. The third-order valence-corrected chi connectivity index (χ3v) is 2.88. The summed E-state index contributed by atoms with van der Waals surface area (Å²) in [6, 6.07) is 4.11. The number of likely N-dealkylation sites (N-methyl/N-ethyl adjacent to an activating group) is 2. The zero-order valence-electron chi connectivity index (χ0n) is 11.5. The van der Waals surface area contributed by atoms with Crippen molar-refractivity contribution in [3.8, 4) is 0 Å². The lowest BCUT2D eigenvalue weighted by Gasteiger charge is -2.25. The van der Waals surface area contributed by atoms with Gasteiger partial charge in [0.05, 0.1) is 0 Å². The van der Waals surface area contributed by atoms with E-state index in [9.17, 15) is 8.78 Å². The molecule has 1 N–H and O–H groups in total. The molecule has 0 saturated heterocycles. The van der Waals surface area contributed by atoms with Crippen LogP contribution in [0, 0.1) is 17.6 Å². The molecular weight excluding hydrogens is 234 g/mol. The number of rotatable bonds is 6. The number of hydrogen-bond acceptors (Lipinski definition) is 2. The van der Waals surface area contributed by atoms with Gasteiger partial charge >= 0.3 is 0 Å². The number of nitrogens with zero attached hydrogens (tertiary/aromatic N) is 1. The Labute approximate surface area is 108 Å². The lowest BCUT2D eigenvalue weighted by Crippen LogP contribution is -2.34. The molecule has 2 nitrogen and oxygen atoms in total. The van der Waals surface area contributed by atoms with Gasteiger partial charge in [-0.25, -0.2) is 8.78 Å². The molecule has 1 aromatic carbocycles. The van der Waals surface area contributed by atoms with Crippen molar-refractivity contribution < 1.29 is 8.78 Å². The van der Waals surface area contributed by atoms with Crippen molar-refractivity contribution in [1.82, 2.24) is 10.2 Å². The minimum Gasteiger partial charge on any atom is -0.312 e. The fourth-order valence-corrected chi connectivity index (χ4v) is 2.14. The first kappa shape index (κ1) is 15.1. The molecule has 1 aromatic rings. The Bertz CT molecular complexity index is 380. The second kappa shape index (κ2) is 6.81. The van der Waals surface area contributed by atoms with Gasteiger partial charge in [0.15, 0.2) is 11.6 Å². The van der Waals surface area contributed by atoms with Gasteiger partial charge in [0.1, 0.15) is 0 Å². The molecule has 0 amide bonds. The van der Waals surface area contributed by atoms with Crippen molar-refractivity contribution >= 4 is 0 Å². The Hall–Kier alpha value is -1.00. The van der Waals surface area contributed by atoms with Crippen LogP contribution in [0.2, 0.25) is 0 Å². The largest absolute Gasteiger partial charge is 0.312 e. The van der Waals surface area contributed by atoms with Crippen LogP contribution in [0.4, 0.5) is 8.78 Å². The molecule has 1 rings (SSSR count). The molecule has 0 bridgehead atoms. The number of hydrogen-bond donors (Lipinski definition) is 1. The topological polar surface area (TPSA) is 15.3 Å². The number of nitrogens with one attached hydrogen (secondary N) is 1. The second-order valence-electron chi connectivity index (χ2n) is 5.10. The monoisotopic (exact) mass is 256 g/mol. The van der Waals surface area contributed by atoms with Crippen LogP contribution in [0.1, 0.15) is 25.5 Å². The average molecular weight is 256 g/mol. The molecule has 18 heavy (non-hydrogen) atoms. The minimum atomic E-state index is -0.792. The van der Waals surface area contributed by atoms with E-state index in [4.69, 9.17) is 0 Å². The first-order valence-electron chi connectivity index (χ1n) is 6.25. The van der Waals surface area contributed by atoms with Crippen LogP contribution < -0.4 is 5.32 Å².